The molecule has 0 saturated carbocycles. The number of imide groups is 1. The van der Waals surface area contributed by atoms with Gasteiger partial charge in [-0.25, -0.2) is 19.4 Å². The van der Waals surface area contributed by atoms with Crippen LogP contribution in [0.25, 0.3) is 10.8 Å². The van der Waals surface area contributed by atoms with Gasteiger partial charge in [0.2, 0.25) is 0 Å². The molecule has 1 spiro atoms. The van der Waals surface area contributed by atoms with Gasteiger partial charge in [-0.15, -0.1) is 0 Å². The van der Waals surface area contributed by atoms with Crippen molar-refractivity contribution >= 4 is 39.9 Å². The maximum absolute atomic E-state index is 14.0. The minimum Gasteiger partial charge on any atom is -0.293 e. The Morgan fingerprint density at radius 1 is 0.971 bits per heavy atom. The lowest BCUT2D eigenvalue weighted by Gasteiger charge is -2.32. The maximum Gasteiger partial charge on any atom is 0.433 e. The molecule has 3 aromatic rings. The Morgan fingerprint density at radius 3 is 2.43 bits per heavy atom. The summed E-state index contributed by atoms with van der Waals surface area (Å²) >= 11 is 0. The van der Waals surface area contributed by atoms with Crippen molar-refractivity contribution < 1.29 is 29.0 Å². The van der Waals surface area contributed by atoms with Crippen LogP contribution in [0.3, 0.4) is 0 Å². The summed E-state index contributed by atoms with van der Waals surface area (Å²) in [6.45, 7) is 1.24. The number of quaternary nitrogens is 1. The summed E-state index contributed by atoms with van der Waals surface area (Å²) in [7, 11) is 0. The molecule has 3 unspecified atom stereocenters. The van der Waals surface area contributed by atoms with Crippen LogP contribution in [0.15, 0.2) is 66.7 Å². The largest absolute Gasteiger partial charge is 0.433 e. The van der Waals surface area contributed by atoms with Crippen molar-refractivity contribution in [3.63, 3.8) is 0 Å². The molecule has 0 radical (unpaired) electrons. The predicted molar refractivity (Wildman–Crippen MR) is 126 cm³/mol. The van der Waals surface area contributed by atoms with Crippen molar-refractivity contribution in [1.82, 2.24) is 4.90 Å². The number of carbonyl (C=O) groups is 3. The highest BCUT2D eigenvalue weighted by Gasteiger charge is 2.73. The molecule has 3 aliphatic heterocycles. The highest BCUT2D eigenvalue weighted by Crippen LogP contribution is 2.45. The zero-order valence-corrected chi connectivity index (χ0v) is 18.9. The monoisotopic (exact) mass is 472 g/mol. The molecule has 2 bridgehead atoms. The number of fused-ring (bicyclic) bond motifs is 2. The van der Waals surface area contributed by atoms with E-state index in [0.717, 1.165) is 5.56 Å². The second-order valence-electron chi connectivity index (χ2n) is 9.47. The van der Waals surface area contributed by atoms with Crippen molar-refractivity contribution in [2.75, 3.05) is 24.7 Å². The van der Waals surface area contributed by atoms with Gasteiger partial charge in [0.15, 0.2) is 17.9 Å². The lowest BCUT2D eigenvalue weighted by molar-refractivity contribution is -0.852. The van der Waals surface area contributed by atoms with Gasteiger partial charge >= 0.3 is 11.7 Å². The molecule has 6 rings (SSSR count). The second kappa shape index (κ2) is 7.79. The van der Waals surface area contributed by atoms with Gasteiger partial charge in [-0.3, -0.25) is 9.59 Å². The van der Waals surface area contributed by atoms with Gasteiger partial charge in [0, 0.05) is 17.9 Å². The molecule has 3 aromatic carbocycles. The number of benzene rings is 3. The van der Waals surface area contributed by atoms with Crippen molar-refractivity contribution in [1.29, 1.82) is 0 Å². The van der Waals surface area contributed by atoms with E-state index in [0.29, 0.717) is 49.1 Å². The lowest BCUT2D eigenvalue weighted by Crippen LogP contribution is -2.62. The SMILES string of the molecule is O=C(CCc1ccccc1)C1C[N@@]2CC3C(=O)N(c4ccc([N+](=O)O)c5ccccc45)C(=O)[N+]13C2. The normalized spacial score (nSPS) is 27.0. The number of rotatable bonds is 6. The summed E-state index contributed by atoms with van der Waals surface area (Å²) in [4.78, 5) is 55.6. The van der Waals surface area contributed by atoms with Crippen LogP contribution in [0.1, 0.15) is 12.0 Å². The molecule has 3 fully saturated rings. The molecule has 3 amide bonds. The number of hydrogen-bond donors (Lipinski definition) is 1. The molecule has 4 atom stereocenters. The standard InChI is InChI=1S/C26H24N4O5/c31-24(13-10-17-6-2-1-3-7-17)22-14-27-15-23-25(32)28(26(33)30(22,23)16-27)20-11-12-21(29(34)35)19-9-5-4-8-18(19)20/h1-9,11-12,22-23H,10,13-16H2,(H,34,35)/q+2. The van der Waals surface area contributed by atoms with E-state index in [4.69, 9.17) is 0 Å². The maximum atomic E-state index is 14.0. The van der Waals surface area contributed by atoms with Gasteiger partial charge < -0.3 is 0 Å². The van der Waals surface area contributed by atoms with E-state index < -0.39 is 18.1 Å². The Hall–Kier alpha value is -3.95. The lowest BCUT2D eigenvalue weighted by atomic mass is 9.99. The van der Waals surface area contributed by atoms with E-state index in [2.05, 4.69) is 0 Å². The Kier molecular flexibility index (Phi) is 4.80. The van der Waals surface area contributed by atoms with Crippen molar-refractivity contribution in [3.8, 4) is 0 Å². The van der Waals surface area contributed by atoms with Gasteiger partial charge in [-0.05, 0) is 24.1 Å². The minimum atomic E-state index is -0.630. The van der Waals surface area contributed by atoms with E-state index in [1.165, 1.54) is 17.0 Å². The zero-order chi connectivity index (χ0) is 24.3. The van der Waals surface area contributed by atoms with Gasteiger partial charge in [0.1, 0.15) is 6.67 Å². The third kappa shape index (κ3) is 3.05. The number of anilines is 1. The third-order valence-electron chi connectivity index (χ3n) is 7.66. The van der Waals surface area contributed by atoms with Crippen LogP contribution in [0.4, 0.5) is 16.2 Å². The third-order valence-corrected chi connectivity index (χ3v) is 7.66. The topological polar surface area (TPSA) is 98.0 Å². The fourth-order valence-corrected chi connectivity index (χ4v) is 6.04. The number of Topliss-reactive ketones (excluding diaryl/α,β-unsaturated/α-hetero) is 1. The van der Waals surface area contributed by atoms with Crippen LogP contribution in [0.2, 0.25) is 0 Å². The van der Waals surface area contributed by atoms with Crippen LogP contribution in [-0.2, 0) is 16.0 Å². The number of aryl methyl sites for hydroxylation is 1. The fraction of sp³-hybridized carbons (Fsp3) is 0.269. The van der Waals surface area contributed by atoms with Crippen molar-refractivity contribution in [2.24, 2.45) is 0 Å². The first-order valence-electron chi connectivity index (χ1n) is 11.6. The quantitative estimate of drug-likeness (QED) is 0.336. The van der Waals surface area contributed by atoms with Crippen LogP contribution in [0.5, 0.6) is 0 Å². The summed E-state index contributed by atoms with van der Waals surface area (Å²) < 4.78 is -0.184. The number of carbonyl (C=O) groups excluding carboxylic acids is 3. The highest BCUT2D eigenvalue weighted by atomic mass is 16.6. The number of piperazine rings is 1. The Labute approximate surface area is 200 Å². The molecule has 3 heterocycles. The second-order valence-corrected chi connectivity index (χ2v) is 9.47. The number of nitrogens with zero attached hydrogens (tertiary/aromatic N) is 4. The van der Waals surface area contributed by atoms with Gasteiger partial charge in [-0.2, -0.15) is 4.90 Å². The number of urea groups is 1. The van der Waals surface area contributed by atoms with Gasteiger partial charge in [0.05, 0.1) is 29.1 Å². The smallest absolute Gasteiger partial charge is 0.293 e. The summed E-state index contributed by atoms with van der Waals surface area (Å²) in [5, 5.41) is 10.4. The summed E-state index contributed by atoms with van der Waals surface area (Å²) in [6, 6.07) is 17.9. The molecule has 1 N–H and O–H groups in total. The molecular weight excluding hydrogens is 448 g/mol. The average molecular weight is 473 g/mol. The Morgan fingerprint density at radius 2 is 1.69 bits per heavy atom. The van der Waals surface area contributed by atoms with E-state index >= 15 is 0 Å². The molecule has 0 aromatic heterocycles. The fourth-order valence-electron chi connectivity index (χ4n) is 6.04. The van der Waals surface area contributed by atoms with Crippen LogP contribution in [0, 0.1) is 4.91 Å². The van der Waals surface area contributed by atoms with Crippen LogP contribution >= 0.6 is 0 Å². The molecular formula is C26H24N4O5+2. The molecule has 9 heteroatoms. The highest BCUT2D eigenvalue weighted by molar-refractivity contribution is 6.22. The first kappa shape index (κ1) is 21.6. The molecule has 3 saturated heterocycles. The van der Waals surface area contributed by atoms with Crippen molar-refractivity contribution in [2.45, 2.75) is 24.9 Å². The molecule has 0 aliphatic carbocycles. The van der Waals surface area contributed by atoms with E-state index in [1.54, 1.807) is 24.3 Å². The first-order chi connectivity index (χ1) is 16.9. The van der Waals surface area contributed by atoms with Crippen LogP contribution in [-0.4, -0.2) is 69.1 Å². The molecule has 9 nitrogen and oxygen atoms in total. The average Bonchev–Trinajstić information content (AvgIpc) is 3.51. The summed E-state index contributed by atoms with van der Waals surface area (Å²) in [6.07, 6.45) is 0.899. The Balaban J connectivity index is 1.36. The van der Waals surface area contributed by atoms with Crippen molar-refractivity contribution in [3.05, 3.63) is 77.2 Å². The van der Waals surface area contributed by atoms with E-state index in [9.17, 15) is 24.5 Å². The molecule has 3 aliphatic rings. The minimum absolute atomic E-state index is 0.00784. The molecule has 176 valence electrons. The predicted octanol–water partition coefficient (Wildman–Crippen LogP) is 3.15. The number of amides is 3. The first-order valence-corrected chi connectivity index (χ1v) is 11.6. The van der Waals surface area contributed by atoms with E-state index in [-0.39, 0.29) is 26.8 Å². The Bertz CT molecular complexity index is 1410. The molecule has 35 heavy (non-hydrogen) atoms. The van der Waals surface area contributed by atoms with Gasteiger partial charge in [-0.1, -0.05) is 48.5 Å². The van der Waals surface area contributed by atoms with Gasteiger partial charge in [0.25, 0.3) is 10.8 Å². The summed E-state index contributed by atoms with van der Waals surface area (Å²) in [5.74, 6) is -0.342. The van der Waals surface area contributed by atoms with Crippen LogP contribution < -0.4 is 4.90 Å². The number of ketones is 1. The summed E-state index contributed by atoms with van der Waals surface area (Å²) in [5.41, 5.74) is 1.44. The van der Waals surface area contributed by atoms with E-state index in [1.807, 2.05) is 35.2 Å². The zero-order valence-electron chi connectivity index (χ0n) is 18.9. The number of hydrogen-bond acceptors (Lipinski definition) is 5.